The number of rotatable bonds is 10. The third kappa shape index (κ3) is 6.31. The van der Waals surface area contributed by atoms with Gasteiger partial charge in [0, 0.05) is 62.5 Å². The van der Waals surface area contributed by atoms with Crippen LogP contribution in [-0.4, -0.2) is 55.2 Å². The number of fused-ring (bicyclic) bond motifs is 1. The number of benzene rings is 3. The van der Waals surface area contributed by atoms with Crippen molar-refractivity contribution >= 4 is 17.5 Å². The number of aromatic nitrogens is 4. The second-order valence-corrected chi connectivity index (χ2v) is 14.0. The van der Waals surface area contributed by atoms with Crippen LogP contribution in [0.3, 0.4) is 0 Å². The van der Waals surface area contributed by atoms with Crippen molar-refractivity contribution < 1.29 is 23.6 Å². The van der Waals surface area contributed by atoms with Gasteiger partial charge in [0.05, 0.1) is 6.04 Å². The maximum atomic E-state index is 12.4. The van der Waals surface area contributed by atoms with Crippen molar-refractivity contribution in [2.45, 2.75) is 82.1 Å². The zero-order chi connectivity index (χ0) is 34.5. The molecule has 0 radical (unpaired) electrons. The van der Waals surface area contributed by atoms with E-state index in [1.54, 1.807) is 19.1 Å². The smallest absolute Gasteiger partial charge is 0.243 e. The van der Waals surface area contributed by atoms with Gasteiger partial charge in [0.2, 0.25) is 29.4 Å². The van der Waals surface area contributed by atoms with E-state index in [1.807, 2.05) is 12.1 Å². The Hall–Kier alpha value is -5.62. The van der Waals surface area contributed by atoms with Crippen molar-refractivity contribution in [1.29, 1.82) is 0 Å². The monoisotopic (exact) mass is 683 g/mol. The van der Waals surface area contributed by atoms with Gasteiger partial charge in [-0.1, -0.05) is 35.5 Å². The Morgan fingerprint density at radius 3 is 2.29 bits per heavy atom. The normalized spacial score (nSPS) is 22.1. The van der Waals surface area contributed by atoms with Crippen LogP contribution >= 0.6 is 0 Å². The summed E-state index contributed by atoms with van der Waals surface area (Å²) >= 11 is 0. The molecule has 1 unspecified atom stereocenters. The van der Waals surface area contributed by atoms with Gasteiger partial charge < -0.3 is 19.3 Å². The molecule has 5 aromatic rings. The van der Waals surface area contributed by atoms with Crippen molar-refractivity contribution in [1.82, 2.24) is 30.6 Å². The van der Waals surface area contributed by atoms with Crippen molar-refractivity contribution in [3.8, 4) is 28.9 Å². The van der Waals surface area contributed by atoms with Crippen LogP contribution in [0.2, 0.25) is 0 Å². The number of carbonyl (C=O) groups excluding carboxylic acids is 2. The molecule has 2 aliphatic carbocycles. The van der Waals surface area contributed by atoms with Crippen LogP contribution in [0.1, 0.15) is 66.7 Å². The van der Waals surface area contributed by atoms with Crippen molar-refractivity contribution in [3.63, 3.8) is 0 Å². The summed E-state index contributed by atoms with van der Waals surface area (Å²) in [6.45, 7) is 3.18. The van der Waals surface area contributed by atoms with E-state index in [4.69, 9.17) is 14.0 Å². The Kier molecular flexibility index (Phi) is 7.76. The van der Waals surface area contributed by atoms with E-state index in [0.29, 0.717) is 47.9 Å². The predicted molar refractivity (Wildman–Crippen MR) is 186 cm³/mol. The Morgan fingerprint density at radius 2 is 1.63 bits per heavy atom. The van der Waals surface area contributed by atoms with Gasteiger partial charge in [0.25, 0.3) is 0 Å². The summed E-state index contributed by atoms with van der Waals surface area (Å²) in [6.07, 6.45) is 5.24. The average Bonchev–Trinajstić information content (AvgIpc) is 3.64. The quantitative estimate of drug-likeness (QED) is 0.171. The van der Waals surface area contributed by atoms with E-state index in [0.717, 1.165) is 50.2 Å². The summed E-state index contributed by atoms with van der Waals surface area (Å²) in [5.74, 6) is 2.49. The molecular weight excluding hydrogens is 646 g/mol. The maximum absolute atomic E-state index is 12.4. The number of nitrogens with one attached hydrogen (secondary N) is 2. The molecule has 1 saturated heterocycles. The lowest BCUT2D eigenvalue weighted by Crippen LogP contribution is -2.50. The van der Waals surface area contributed by atoms with Crippen LogP contribution in [-0.2, 0) is 28.1 Å². The van der Waals surface area contributed by atoms with Gasteiger partial charge >= 0.3 is 0 Å². The van der Waals surface area contributed by atoms with Crippen molar-refractivity contribution in [3.05, 3.63) is 107 Å². The summed E-state index contributed by atoms with van der Waals surface area (Å²) in [5, 5.41) is 18.3. The van der Waals surface area contributed by atoms with E-state index in [2.05, 4.69) is 90.5 Å². The van der Waals surface area contributed by atoms with E-state index in [-0.39, 0.29) is 29.4 Å². The lowest BCUT2D eigenvalue weighted by molar-refractivity contribution is -0.137. The third-order valence-corrected chi connectivity index (χ3v) is 10.6. The Balaban J connectivity index is 0.757. The minimum Gasteiger partial charge on any atom is -0.490 e. The van der Waals surface area contributed by atoms with Crippen LogP contribution in [0, 0.1) is 6.92 Å². The maximum Gasteiger partial charge on any atom is 0.243 e. The van der Waals surface area contributed by atoms with Gasteiger partial charge in [0.15, 0.2) is 0 Å². The third-order valence-electron chi connectivity index (χ3n) is 10.6. The fourth-order valence-electron chi connectivity index (χ4n) is 7.55. The summed E-state index contributed by atoms with van der Waals surface area (Å²) in [4.78, 5) is 30.3. The van der Waals surface area contributed by atoms with Crippen LogP contribution < -0.4 is 20.1 Å². The fourth-order valence-corrected chi connectivity index (χ4v) is 7.55. The minimum absolute atomic E-state index is 0.0154. The number of ether oxygens (including phenoxy) is 2. The number of piperidine rings is 1. The van der Waals surface area contributed by atoms with Gasteiger partial charge in [-0.15, -0.1) is 10.2 Å². The molecule has 2 saturated carbocycles. The molecule has 0 bridgehead atoms. The SMILES string of the molecule is Cc1nc(-c2ccc(Oc3ccc(C4(c5ccc(OC6CC(Nc7ccc8c(c7)CN(C7CCC(=O)NC7=O)C8)C6)cc5)CC4)cc3)nn2)no1. The van der Waals surface area contributed by atoms with Crippen molar-refractivity contribution in [2.75, 3.05) is 5.32 Å². The zero-order valence-electron chi connectivity index (χ0n) is 28.2. The highest BCUT2D eigenvalue weighted by Gasteiger charge is 2.46. The zero-order valence-corrected chi connectivity index (χ0v) is 28.2. The number of imide groups is 1. The average molecular weight is 684 g/mol. The molecule has 258 valence electrons. The Morgan fingerprint density at radius 1 is 0.882 bits per heavy atom. The molecule has 4 aliphatic rings. The van der Waals surface area contributed by atoms with Gasteiger partial charge in [-0.05, 0) is 84.0 Å². The number of hydrogen-bond donors (Lipinski definition) is 2. The first-order valence-electron chi connectivity index (χ1n) is 17.5. The predicted octanol–water partition coefficient (Wildman–Crippen LogP) is 5.85. The Labute approximate surface area is 294 Å². The first-order valence-corrected chi connectivity index (χ1v) is 17.5. The summed E-state index contributed by atoms with van der Waals surface area (Å²) < 4.78 is 17.3. The van der Waals surface area contributed by atoms with E-state index >= 15 is 0 Å². The lowest BCUT2D eigenvalue weighted by Gasteiger charge is -2.36. The highest BCUT2D eigenvalue weighted by atomic mass is 16.5. The molecule has 9 rings (SSSR count). The number of carbonyl (C=O) groups is 2. The largest absolute Gasteiger partial charge is 0.490 e. The van der Waals surface area contributed by atoms with Gasteiger partial charge in [-0.2, -0.15) is 4.98 Å². The topological polar surface area (TPSA) is 145 Å². The van der Waals surface area contributed by atoms with E-state index in [1.165, 1.54) is 22.3 Å². The first kappa shape index (κ1) is 31.4. The molecular formula is C39H37N7O5. The van der Waals surface area contributed by atoms with Gasteiger partial charge in [0.1, 0.15) is 23.3 Å². The molecule has 3 aromatic carbocycles. The highest BCUT2D eigenvalue weighted by Crippen LogP contribution is 2.54. The summed E-state index contributed by atoms with van der Waals surface area (Å²) in [5.41, 5.74) is 6.67. The van der Waals surface area contributed by atoms with Crippen molar-refractivity contribution in [2.24, 2.45) is 0 Å². The molecule has 0 spiro atoms. The number of anilines is 1. The standard InChI is InChI=1S/C39H37N7O5/c1-23-40-37(45-51-23)33-12-15-36(44-43-33)50-31-10-5-27(6-11-31)39(16-17-39)26-3-8-30(9-4-26)49-32-19-29(20-32)41-28-7-2-24-21-46(22-25(24)18-28)34-13-14-35(47)42-38(34)48/h2-12,15,18,29,32,34,41H,13-14,16-17,19-22H2,1H3,(H,42,47,48). The number of aryl methyl sites for hydroxylation is 1. The molecule has 2 aliphatic heterocycles. The van der Waals surface area contributed by atoms with Crippen LogP contribution in [0.25, 0.3) is 11.5 Å². The van der Waals surface area contributed by atoms with Crippen LogP contribution in [0.15, 0.2) is 83.4 Å². The highest BCUT2D eigenvalue weighted by molar-refractivity contribution is 6.00. The van der Waals surface area contributed by atoms with Crippen LogP contribution in [0.4, 0.5) is 5.69 Å². The second-order valence-electron chi connectivity index (χ2n) is 14.0. The van der Waals surface area contributed by atoms with Crippen LogP contribution in [0.5, 0.6) is 17.4 Å². The second kappa shape index (κ2) is 12.6. The number of amides is 2. The molecule has 12 nitrogen and oxygen atoms in total. The van der Waals surface area contributed by atoms with E-state index < -0.39 is 0 Å². The molecule has 2 N–H and O–H groups in total. The molecule has 2 amide bonds. The molecule has 4 heterocycles. The summed E-state index contributed by atoms with van der Waals surface area (Å²) in [7, 11) is 0. The minimum atomic E-state index is -0.242. The molecule has 3 fully saturated rings. The molecule has 51 heavy (non-hydrogen) atoms. The lowest BCUT2D eigenvalue weighted by atomic mass is 9.87. The number of nitrogens with zero attached hydrogens (tertiary/aromatic N) is 5. The number of hydrogen-bond acceptors (Lipinski definition) is 11. The van der Waals surface area contributed by atoms with Gasteiger partial charge in [-0.3, -0.25) is 19.8 Å². The fraction of sp³-hybridized carbons (Fsp3) is 0.333. The summed E-state index contributed by atoms with van der Waals surface area (Å²) in [6, 6.07) is 26.9. The molecule has 1 atom stereocenters. The Bertz CT molecular complexity index is 2090. The van der Waals surface area contributed by atoms with E-state index in [9.17, 15) is 9.59 Å². The molecule has 12 heteroatoms. The first-order chi connectivity index (χ1) is 24.9. The molecule has 2 aromatic heterocycles. The van der Waals surface area contributed by atoms with Gasteiger partial charge in [-0.25, -0.2) is 0 Å².